The van der Waals surface area contributed by atoms with Gasteiger partial charge in [-0.05, 0) is 19.8 Å². The summed E-state index contributed by atoms with van der Waals surface area (Å²) in [5.41, 5.74) is 3.59. The molecule has 0 atom stereocenters. The van der Waals surface area contributed by atoms with E-state index in [1.54, 1.807) is 6.07 Å². The minimum atomic E-state index is 0.441. The molecule has 1 aliphatic heterocycles. The molecule has 0 amide bonds. The number of fused-ring (bicyclic) bond motifs is 3. The average molecular weight is 311 g/mol. The second-order valence-corrected chi connectivity index (χ2v) is 6.42. The van der Waals surface area contributed by atoms with Crippen molar-refractivity contribution >= 4 is 11.5 Å². The number of rotatable bonds is 7. The Bertz CT molecular complexity index is 725. The quantitative estimate of drug-likeness (QED) is 0.733. The van der Waals surface area contributed by atoms with Gasteiger partial charge < -0.3 is 4.90 Å². The molecule has 0 aliphatic carbocycles. The van der Waals surface area contributed by atoms with E-state index >= 15 is 0 Å². The highest BCUT2D eigenvalue weighted by atomic mass is 15.4. The summed E-state index contributed by atoms with van der Waals surface area (Å²) in [5.74, 6) is 1.16. The number of hydrogen-bond donors (Lipinski definition) is 0. The van der Waals surface area contributed by atoms with Crippen LogP contribution in [0.4, 0.5) is 5.82 Å². The van der Waals surface area contributed by atoms with E-state index in [1.807, 2.05) is 4.52 Å². The van der Waals surface area contributed by atoms with E-state index in [0.717, 1.165) is 36.7 Å². The van der Waals surface area contributed by atoms with Crippen LogP contribution in [0.5, 0.6) is 0 Å². The van der Waals surface area contributed by atoms with E-state index in [2.05, 4.69) is 34.9 Å². The maximum atomic E-state index is 9.10. The van der Waals surface area contributed by atoms with Gasteiger partial charge in [0.15, 0.2) is 11.3 Å². The summed E-state index contributed by atoms with van der Waals surface area (Å²) in [4.78, 5) is 7.02. The predicted octanol–water partition coefficient (Wildman–Crippen LogP) is 3.63. The Morgan fingerprint density at radius 2 is 2.00 bits per heavy atom. The molecule has 2 aromatic rings. The fourth-order valence-electron chi connectivity index (χ4n) is 3.46. The molecular weight excluding hydrogens is 286 g/mol. The van der Waals surface area contributed by atoms with Crippen molar-refractivity contribution in [3.8, 4) is 6.07 Å². The summed E-state index contributed by atoms with van der Waals surface area (Å²) in [6.07, 6.45) is 8.87. The number of anilines is 1. The van der Waals surface area contributed by atoms with Gasteiger partial charge in [-0.2, -0.15) is 14.9 Å². The van der Waals surface area contributed by atoms with E-state index in [1.165, 1.54) is 44.1 Å². The maximum absolute atomic E-state index is 9.10. The van der Waals surface area contributed by atoms with Gasteiger partial charge >= 0.3 is 0 Å². The number of unbranched alkanes of at least 4 members (excludes halogenated alkanes) is 5. The number of aromatic nitrogens is 3. The minimum Gasteiger partial charge on any atom is -0.356 e. The predicted molar refractivity (Wildman–Crippen MR) is 91.7 cm³/mol. The van der Waals surface area contributed by atoms with Crippen molar-refractivity contribution in [1.29, 1.82) is 5.26 Å². The van der Waals surface area contributed by atoms with Gasteiger partial charge in [0.05, 0.1) is 0 Å². The van der Waals surface area contributed by atoms with Gasteiger partial charge in [-0.25, -0.2) is 4.98 Å². The fourth-order valence-corrected chi connectivity index (χ4v) is 3.46. The number of nitriles is 1. The molecule has 0 saturated heterocycles. The van der Waals surface area contributed by atoms with Gasteiger partial charge in [-0.3, -0.25) is 0 Å². The lowest BCUT2D eigenvalue weighted by molar-refractivity contribution is 0.600. The summed E-state index contributed by atoms with van der Waals surface area (Å²) in [6, 6.07) is 3.90. The molecule has 0 spiro atoms. The van der Waals surface area contributed by atoms with Crippen LogP contribution < -0.4 is 4.90 Å². The van der Waals surface area contributed by atoms with E-state index < -0.39 is 0 Å². The first-order valence-corrected chi connectivity index (χ1v) is 8.79. The normalized spacial score (nSPS) is 13.5. The minimum absolute atomic E-state index is 0.441. The van der Waals surface area contributed by atoms with Gasteiger partial charge in [0.25, 0.3) is 0 Å². The highest BCUT2D eigenvalue weighted by Crippen LogP contribution is 2.30. The molecule has 0 aromatic carbocycles. The summed E-state index contributed by atoms with van der Waals surface area (Å²) < 4.78 is 1.87. The molecule has 3 heterocycles. The first-order valence-electron chi connectivity index (χ1n) is 8.79. The van der Waals surface area contributed by atoms with Crippen LogP contribution in [0.25, 0.3) is 5.65 Å². The summed E-state index contributed by atoms with van der Waals surface area (Å²) in [7, 11) is 0. The van der Waals surface area contributed by atoms with Crippen molar-refractivity contribution < 1.29 is 0 Å². The molecule has 0 N–H and O–H groups in total. The molecule has 3 rings (SSSR count). The zero-order valence-electron chi connectivity index (χ0n) is 14.2. The highest BCUT2D eigenvalue weighted by molar-refractivity contribution is 5.61. The van der Waals surface area contributed by atoms with Crippen molar-refractivity contribution in [3.63, 3.8) is 0 Å². The third-order valence-electron chi connectivity index (χ3n) is 4.71. The Morgan fingerprint density at radius 3 is 2.78 bits per heavy atom. The van der Waals surface area contributed by atoms with Crippen LogP contribution in [-0.4, -0.2) is 27.7 Å². The van der Waals surface area contributed by atoms with Crippen LogP contribution in [0.3, 0.4) is 0 Å². The Hall–Kier alpha value is -2.09. The van der Waals surface area contributed by atoms with Crippen LogP contribution in [0, 0.1) is 18.3 Å². The largest absolute Gasteiger partial charge is 0.356 e. The Kier molecular flexibility index (Phi) is 4.80. The van der Waals surface area contributed by atoms with E-state index in [-0.39, 0.29) is 0 Å². The fraction of sp³-hybridized carbons (Fsp3) is 0.611. The standard InChI is InChI=1S/C18H25N5/c1-3-4-5-6-7-8-10-22-11-9-16-14(2)20-17-12-15(13-19)21-23(17)18(16)22/h12H,3-11H2,1-2H3. The van der Waals surface area contributed by atoms with Crippen LogP contribution in [-0.2, 0) is 6.42 Å². The molecule has 5 nitrogen and oxygen atoms in total. The molecule has 0 saturated carbocycles. The van der Waals surface area contributed by atoms with Crippen LogP contribution in [0.1, 0.15) is 62.4 Å². The molecule has 23 heavy (non-hydrogen) atoms. The lowest BCUT2D eigenvalue weighted by atomic mass is 10.1. The number of aryl methyl sites for hydroxylation is 1. The summed E-state index contributed by atoms with van der Waals surface area (Å²) in [5, 5.41) is 13.5. The Labute approximate surface area is 137 Å². The summed E-state index contributed by atoms with van der Waals surface area (Å²) >= 11 is 0. The van der Waals surface area contributed by atoms with Gasteiger partial charge in [-0.15, -0.1) is 0 Å². The molecule has 2 aromatic heterocycles. The van der Waals surface area contributed by atoms with Crippen LogP contribution >= 0.6 is 0 Å². The van der Waals surface area contributed by atoms with E-state index in [0.29, 0.717) is 5.69 Å². The molecule has 0 fully saturated rings. The SMILES string of the molecule is CCCCCCCCN1CCc2c(C)nc3cc(C#N)nn3c21. The van der Waals surface area contributed by atoms with Crippen LogP contribution in [0.15, 0.2) is 6.07 Å². The van der Waals surface area contributed by atoms with E-state index in [9.17, 15) is 0 Å². The highest BCUT2D eigenvalue weighted by Gasteiger charge is 2.25. The third kappa shape index (κ3) is 3.17. The van der Waals surface area contributed by atoms with Crippen LogP contribution in [0.2, 0.25) is 0 Å². The van der Waals surface area contributed by atoms with Gasteiger partial charge in [0.2, 0.25) is 0 Å². The van der Waals surface area contributed by atoms with Crippen molar-refractivity contribution in [2.45, 2.75) is 58.8 Å². The zero-order valence-corrected chi connectivity index (χ0v) is 14.2. The molecule has 122 valence electrons. The van der Waals surface area contributed by atoms with Crippen molar-refractivity contribution in [2.75, 3.05) is 18.0 Å². The van der Waals surface area contributed by atoms with Crippen molar-refractivity contribution in [1.82, 2.24) is 14.6 Å². The Balaban J connectivity index is 1.74. The topological polar surface area (TPSA) is 57.2 Å². The first-order chi connectivity index (χ1) is 11.2. The van der Waals surface area contributed by atoms with Gasteiger partial charge in [0, 0.05) is 30.4 Å². The third-order valence-corrected chi connectivity index (χ3v) is 4.71. The van der Waals surface area contributed by atoms with Gasteiger partial charge in [-0.1, -0.05) is 39.0 Å². The smallest absolute Gasteiger partial charge is 0.165 e. The van der Waals surface area contributed by atoms with Crippen molar-refractivity contribution in [2.24, 2.45) is 0 Å². The average Bonchev–Trinajstić information content (AvgIpc) is 3.14. The molecule has 1 aliphatic rings. The second-order valence-electron chi connectivity index (χ2n) is 6.42. The molecule has 0 radical (unpaired) electrons. The molecule has 0 unspecified atom stereocenters. The maximum Gasteiger partial charge on any atom is 0.165 e. The molecular formula is C18H25N5. The lowest BCUT2D eigenvalue weighted by Crippen LogP contribution is -2.24. The monoisotopic (exact) mass is 311 g/mol. The molecule has 0 bridgehead atoms. The summed E-state index contributed by atoms with van der Waals surface area (Å²) in [6.45, 7) is 6.42. The number of hydrogen-bond acceptors (Lipinski definition) is 4. The zero-order chi connectivity index (χ0) is 16.2. The second kappa shape index (κ2) is 6.99. The molecule has 5 heteroatoms. The lowest BCUT2D eigenvalue weighted by Gasteiger charge is -2.20. The van der Waals surface area contributed by atoms with E-state index in [4.69, 9.17) is 5.26 Å². The van der Waals surface area contributed by atoms with Crippen molar-refractivity contribution in [3.05, 3.63) is 23.0 Å². The van der Waals surface area contributed by atoms with Gasteiger partial charge in [0.1, 0.15) is 11.9 Å². The first kappa shape index (κ1) is 15.8. The Morgan fingerprint density at radius 1 is 1.22 bits per heavy atom. The number of nitrogens with zero attached hydrogens (tertiary/aromatic N) is 5.